The zero-order valence-electron chi connectivity index (χ0n) is 13.3. The number of hydrogen-bond donors (Lipinski definition) is 2. The van der Waals surface area contributed by atoms with Crippen molar-refractivity contribution in [2.24, 2.45) is 0 Å². The highest BCUT2D eigenvalue weighted by molar-refractivity contribution is 7.12. The molecule has 0 spiro atoms. The zero-order valence-corrected chi connectivity index (χ0v) is 14.1. The number of carbonyl (C=O) groups excluding carboxylic acids is 2. The van der Waals surface area contributed by atoms with E-state index in [9.17, 15) is 9.59 Å². The Morgan fingerprint density at radius 1 is 1.17 bits per heavy atom. The van der Waals surface area contributed by atoms with E-state index in [-0.39, 0.29) is 18.4 Å². The van der Waals surface area contributed by atoms with Gasteiger partial charge in [-0.15, -0.1) is 11.3 Å². The summed E-state index contributed by atoms with van der Waals surface area (Å²) in [5, 5.41) is 5.40. The molecule has 1 aromatic heterocycles. The summed E-state index contributed by atoms with van der Waals surface area (Å²) in [6.07, 6.45) is 4.03. The standard InChI is InChI=1S/C18H20N2O2S/c1-3-14-6-4-5-7-16(14)20-18(22)12-19-17(21)11-10-15-9-8-13(2)23-15/h4-11H,3,12H2,1-2H3,(H,19,21)(H,20,22)/b11-10+. The number of thiophene rings is 1. The van der Waals surface area contributed by atoms with E-state index in [0.29, 0.717) is 0 Å². The molecule has 2 rings (SSSR count). The predicted octanol–water partition coefficient (Wildman–Crippen LogP) is 3.39. The van der Waals surface area contributed by atoms with Crippen molar-refractivity contribution in [2.45, 2.75) is 20.3 Å². The Kier molecular flexibility index (Phi) is 6.11. The van der Waals surface area contributed by atoms with E-state index in [1.54, 1.807) is 17.4 Å². The monoisotopic (exact) mass is 328 g/mol. The maximum Gasteiger partial charge on any atom is 0.244 e. The molecule has 0 unspecified atom stereocenters. The fraction of sp³-hybridized carbons (Fsp3) is 0.222. The molecule has 4 nitrogen and oxygen atoms in total. The Morgan fingerprint density at radius 2 is 1.96 bits per heavy atom. The summed E-state index contributed by atoms with van der Waals surface area (Å²) in [6.45, 7) is 4.00. The molecule has 1 heterocycles. The van der Waals surface area contributed by atoms with Crippen molar-refractivity contribution in [2.75, 3.05) is 11.9 Å². The fourth-order valence-corrected chi connectivity index (χ4v) is 2.85. The highest BCUT2D eigenvalue weighted by Gasteiger charge is 2.06. The zero-order chi connectivity index (χ0) is 16.7. The molecule has 2 aromatic rings. The number of hydrogen-bond acceptors (Lipinski definition) is 3. The highest BCUT2D eigenvalue weighted by atomic mass is 32.1. The van der Waals surface area contributed by atoms with Crippen molar-refractivity contribution in [1.82, 2.24) is 5.32 Å². The fourth-order valence-electron chi connectivity index (χ4n) is 2.07. The summed E-state index contributed by atoms with van der Waals surface area (Å²) in [7, 11) is 0. The quantitative estimate of drug-likeness (QED) is 0.799. The predicted molar refractivity (Wildman–Crippen MR) is 95.5 cm³/mol. The van der Waals surface area contributed by atoms with E-state index in [4.69, 9.17) is 0 Å². The SMILES string of the molecule is CCc1ccccc1NC(=O)CNC(=O)/C=C/c1ccc(C)s1. The molecule has 0 aliphatic heterocycles. The van der Waals surface area contributed by atoms with Gasteiger partial charge in [0.15, 0.2) is 0 Å². The second-order valence-electron chi connectivity index (χ2n) is 5.06. The smallest absolute Gasteiger partial charge is 0.244 e. The summed E-state index contributed by atoms with van der Waals surface area (Å²) in [6, 6.07) is 11.6. The van der Waals surface area contributed by atoms with Crippen LogP contribution in [0.1, 0.15) is 22.2 Å². The lowest BCUT2D eigenvalue weighted by atomic mass is 10.1. The molecule has 0 aliphatic carbocycles. The van der Waals surface area contributed by atoms with E-state index >= 15 is 0 Å². The van der Waals surface area contributed by atoms with Crippen LogP contribution in [0.15, 0.2) is 42.5 Å². The van der Waals surface area contributed by atoms with Gasteiger partial charge in [-0.25, -0.2) is 0 Å². The van der Waals surface area contributed by atoms with Gasteiger partial charge in [0, 0.05) is 21.5 Å². The van der Waals surface area contributed by atoms with Crippen molar-refractivity contribution in [3.05, 3.63) is 57.8 Å². The van der Waals surface area contributed by atoms with Gasteiger partial charge in [-0.05, 0) is 43.2 Å². The first-order chi connectivity index (χ1) is 11.1. The summed E-state index contributed by atoms with van der Waals surface area (Å²) >= 11 is 1.61. The van der Waals surface area contributed by atoms with Crippen LogP contribution in [0.2, 0.25) is 0 Å². The van der Waals surface area contributed by atoms with Crippen LogP contribution in [0.3, 0.4) is 0 Å². The Balaban J connectivity index is 1.82. The topological polar surface area (TPSA) is 58.2 Å². The van der Waals surface area contributed by atoms with Crippen LogP contribution in [0.5, 0.6) is 0 Å². The van der Waals surface area contributed by atoms with Gasteiger partial charge < -0.3 is 10.6 Å². The van der Waals surface area contributed by atoms with E-state index in [1.807, 2.05) is 50.2 Å². The van der Waals surface area contributed by atoms with E-state index < -0.39 is 0 Å². The maximum absolute atomic E-state index is 11.9. The van der Waals surface area contributed by atoms with Crippen molar-refractivity contribution in [3.8, 4) is 0 Å². The van der Waals surface area contributed by atoms with E-state index in [2.05, 4.69) is 10.6 Å². The summed E-state index contributed by atoms with van der Waals surface area (Å²) in [4.78, 5) is 25.9. The van der Waals surface area contributed by atoms with Crippen molar-refractivity contribution in [1.29, 1.82) is 0 Å². The minimum Gasteiger partial charge on any atom is -0.343 e. The first-order valence-electron chi connectivity index (χ1n) is 7.48. The number of nitrogens with one attached hydrogen (secondary N) is 2. The van der Waals surface area contributed by atoms with Gasteiger partial charge >= 0.3 is 0 Å². The molecule has 1 aromatic carbocycles. The van der Waals surface area contributed by atoms with Gasteiger partial charge in [0.25, 0.3) is 0 Å². The summed E-state index contributed by atoms with van der Waals surface area (Å²) < 4.78 is 0. The summed E-state index contributed by atoms with van der Waals surface area (Å²) in [5.41, 5.74) is 1.86. The number of benzene rings is 1. The van der Waals surface area contributed by atoms with Crippen LogP contribution in [-0.4, -0.2) is 18.4 Å². The lowest BCUT2D eigenvalue weighted by Crippen LogP contribution is -2.31. The molecule has 0 radical (unpaired) electrons. The molecule has 120 valence electrons. The Morgan fingerprint density at radius 3 is 2.65 bits per heavy atom. The van der Waals surface area contributed by atoms with Crippen molar-refractivity contribution in [3.63, 3.8) is 0 Å². The van der Waals surface area contributed by atoms with Gasteiger partial charge in [0.2, 0.25) is 11.8 Å². The minimum atomic E-state index is -0.282. The number of aryl methyl sites for hydroxylation is 2. The van der Waals surface area contributed by atoms with E-state index in [1.165, 1.54) is 11.0 Å². The van der Waals surface area contributed by atoms with Crippen molar-refractivity contribution < 1.29 is 9.59 Å². The molecular weight excluding hydrogens is 308 g/mol. The van der Waals surface area contributed by atoms with Gasteiger partial charge in [-0.2, -0.15) is 0 Å². The van der Waals surface area contributed by atoms with Gasteiger partial charge in [0.05, 0.1) is 6.54 Å². The number of para-hydroxylation sites is 1. The second kappa shape index (κ2) is 8.29. The molecule has 0 atom stereocenters. The van der Waals surface area contributed by atoms with Crippen LogP contribution >= 0.6 is 11.3 Å². The molecule has 0 saturated heterocycles. The third kappa shape index (κ3) is 5.38. The molecule has 2 amide bonds. The maximum atomic E-state index is 11.9. The minimum absolute atomic E-state index is 0.0509. The third-order valence-corrected chi connectivity index (χ3v) is 4.22. The highest BCUT2D eigenvalue weighted by Crippen LogP contribution is 2.16. The van der Waals surface area contributed by atoms with Crippen LogP contribution in [-0.2, 0) is 16.0 Å². The summed E-state index contributed by atoms with van der Waals surface area (Å²) in [5.74, 6) is -0.519. The molecule has 0 bridgehead atoms. The number of rotatable bonds is 6. The van der Waals surface area contributed by atoms with Crippen LogP contribution in [0.4, 0.5) is 5.69 Å². The lowest BCUT2D eigenvalue weighted by Gasteiger charge is -2.09. The largest absolute Gasteiger partial charge is 0.343 e. The van der Waals surface area contributed by atoms with Crippen LogP contribution in [0, 0.1) is 6.92 Å². The molecule has 2 N–H and O–H groups in total. The second-order valence-corrected chi connectivity index (χ2v) is 6.38. The first-order valence-corrected chi connectivity index (χ1v) is 8.30. The number of carbonyl (C=O) groups is 2. The lowest BCUT2D eigenvalue weighted by molar-refractivity contribution is -0.121. The van der Waals surface area contributed by atoms with Gasteiger partial charge in [0.1, 0.15) is 0 Å². The van der Waals surface area contributed by atoms with Gasteiger partial charge in [-0.3, -0.25) is 9.59 Å². The molecule has 0 aliphatic rings. The molecular formula is C18H20N2O2S. The molecule has 23 heavy (non-hydrogen) atoms. The van der Waals surface area contributed by atoms with Crippen LogP contribution < -0.4 is 10.6 Å². The average molecular weight is 328 g/mol. The number of anilines is 1. The van der Waals surface area contributed by atoms with Crippen LogP contribution in [0.25, 0.3) is 6.08 Å². The molecule has 0 saturated carbocycles. The average Bonchev–Trinajstić information content (AvgIpc) is 2.97. The van der Waals surface area contributed by atoms with Gasteiger partial charge in [-0.1, -0.05) is 25.1 Å². The van der Waals surface area contributed by atoms with Crippen molar-refractivity contribution >= 4 is 34.9 Å². The number of amides is 2. The van der Waals surface area contributed by atoms with E-state index in [0.717, 1.165) is 22.5 Å². The Bertz CT molecular complexity index is 719. The third-order valence-electron chi connectivity index (χ3n) is 3.26. The Hall–Kier alpha value is -2.40. The first kappa shape index (κ1) is 17.0. The Labute approximate surface area is 140 Å². The molecule has 0 fully saturated rings. The normalized spacial score (nSPS) is 10.7. The molecule has 5 heteroatoms.